The molecule has 1 nitrogen and oxygen atoms in total. The maximum absolute atomic E-state index is 6.20. The van der Waals surface area contributed by atoms with Crippen LogP contribution in [0.25, 0.3) is 0 Å². The first-order chi connectivity index (χ1) is 9.46. The highest BCUT2D eigenvalue weighted by Crippen LogP contribution is 2.43. The maximum Gasteiger partial charge on any atom is -0.00173 e. The van der Waals surface area contributed by atoms with Crippen LogP contribution in [0, 0.1) is 31.1 Å². The van der Waals surface area contributed by atoms with Crippen LogP contribution in [0.5, 0.6) is 0 Å². The van der Waals surface area contributed by atoms with Crippen molar-refractivity contribution in [3.63, 3.8) is 0 Å². The third-order valence-electron chi connectivity index (χ3n) is 5.54. The molecule has 0 aliphatic heterocycles. The second-order valence-corrected chi connectivity index (χ2v) is 7.39. The third-order valence-corrected chi connectivity index (χ3v) is 5.54. The maximum atomic E-state index is 6.20. The van der Waals surface area contributed by atoms with E-state index in [1.807, 2.05) is 0 Å². The second-order valence-electron chi connectivity index (χ2n) is 7.39. The molecule has 0 bridgehead atoms. The van der Waals surface area contributed by atoms with Gasteiger partial charge in [-0.3, -0.25) is 0 Å². The molecule has 1 fully saturated rings. The molecule has 2 rings (SSSR count). The van der Waals surface area contributed by atoms with Gasteiger partial charge in [-0.1, -0.05) is 37.6 Å². The molecule has 0 amide bonds. The standard InChI is InChI=1S/C19H31N/c1-14(2)17-7-9-19(13-20,10-8-17)12-18-11-15(3)5-6-16(18)4/h5-6,11,14,17H,7-10,12-13,20H2,1-4H3. The first-order valence-electron chi connectivity index (χ1n) is 8.22. The summed E-state index contributed by atoms with van der Waals surface area (Å²) >= 11 is 0. The fraction of sp³-hybridized carbons (Fsp3) is 0.684. The molecule has 0 atom stereocenters. The Morgan fingerprint density at radius 2 is 1.85 bits per heavy atom. The summed E-state index contributed by atoms with van der Waals surface area (Å²) in [6.45, 7) is 9.99. The van der Waals surface area contributed by atoms with Crippen LogP contribution in [0.4, 0.5) is 0 Å². The Labute approximate surface area is 125 Å². The average molecular weight is 273 g/mol. The second kappa shape index (κ2) is 6.30. The first-order valence-corrected chi connectivity index (χ1v) is 8.22. The summed E-state index contributed by atoms with van der Waals surface area (Å²) in [5.74, 6) is 1.74. The first kappa shape index (κ1) is 15.6. The van der Waals surface area contributed by atoms with E-state index < -0.39 is 0 Å². The fourth-order valence-electron chi connectivity index (χ4n) is 3.77. The van der Waals surface area contributed by atoms with Crippen molar-refractivity contribution in [2.24, 2.45) is 23.0 Å². The van der Waals surface area contributed by atoms with Crippen molar-refractivity contribution >= 4 is 0 Å². The molecular weight excluding hydrogens is 242 g/mol. The molecule has 0 unspecified atom stereocenters. The number of hydrogen-bond donors (Lipinski definition) is 1. The largest absolute Gasteiger partial charge is 0.330 e. The minimum absolute atomic E-state index is 0.351. The van der Waals surface area contributed by atoms with Gasteiger partial charge in [0.1, 0.15) is 0 Å². The molecule has 1 aromatic carbocycles. The van der Waals surface area contributed by atoms with Gasteiger partial charge in [0.2, 0.25) is 0 Å². The van der Waals surface area contributed by atoms with E-state index in [-0.39, 0.29) is 0 Å². The Balaban J connectivity index is 2.11. The number of hydrogen-bond acceptors (Lipinski definition) is 1. The van der Waals surface area contributed by atoms with E-state index in [4.69, 9.17) is 5.73 Å². The average Bonchev–Trinajstić information content (AvgIpc) is 2.43. The van der Waals surface area contributed by atoms with E-state index >= 15 is 0 Å². The van der Waals surface area contributed by atoms with Crippen LogP contribution in [0.1, 0.15) is 56.2 Å². The zero-order valence-electron chi connectivity index (χ0n) is 13.7. The van der Waals surface area contributed by atoms with Gasteiger partial charge < -0.3 is 5.73 Å². The molecule has 0 saturated heterocycles. The van der Waals surface area contributed by atoms with Crippen molar-refractivity contribution in [1.82, 2.24) is 0 Å². The summed E-state index contributed by atoms with van der Waals surface area (Å²) in [6.07, 6.45) is 6.50. The smallest absolute Gasteiger partial charge is 0.00173 e. The Kier molecular flexibility index (Phi) is 4.90. The van der Waals surface area contributed by atoms with Crippen LogP contribution in [-0.2, 0) is 6.42 Å². The third kappa shape index (κ3) is 3.44. The van der Waals surface area contributed by atoms with Crippen LogP contribution in [0.15, 0.2) is 18.2 Å². The van der Waals surface area contributed by atoms with Gasteiger partial charge in [0.25, 0.3) is 0 Å². The monoisotopic (exact) mass is 273 g/mol. The summed E-state index contributed by atoms with van der Waals surface area (Å²) in [7, 11) is 0. The van der Waals surface area contributed by atoms with Crippen LogP contribution < -0.4 is 5.73 Å². The lowest BCUT2D eigenvalue weighted by Gasteiger charge is -2.41. The van der Waals surface area contributed by atoms with Gasteiger partial charge in [-0.05, 0) is 80.9 Å². The Bertz CT molecular complexity index is 439. The lowest BCUT2D eigenvalue weighted by molar-refractivity contribution is 0.132. The minimum Gasteiger partial charge on any atom is -0.330 e. The van der Waals surface area contributed by atoms with Gasteiger partial charge in [0.15, 0.2) is 0 Å². The highest BCUT2D eigenvalue weighted by Gasteiger charge is 2.35. The topological polar surface area (TPSA) is 26.0 Å². The van der Waals surface area contributed by atoms with Gasteiger partial charge in [-0.2, -0.15) is 0 Å². The van der Waals surface area contributed by atoms with Crippen LogP contribution in [-0.4, -0.2) is 6.54 Å². The molecule has 0 aromatic heterocycles. The van der Waals surface area contributed by atoms with Gasteiger partial charge in [0.05, 0.1) is 0 Å². The van der Waals surface area contributed by atoms with E-state index in [1.54, 1.807) is 0 Å². The molecule has 0 radical (unpaired) electrons. The predicted octanol–water partition coefficient (Wildman–Crippen LogP) is 4.64. The van der Waals surface area contributed by atoms with Crippen LogP contribution in [0.3, 0.4) is 0 Å². The van der Waals surface area contributed by atoms with Gasteiger partial charge >= 0.3 is 0 Å². The summed E-state index contributed by atoms with van der Waals surface area (Å²) in [5, 5.41) is 0. The minimum atomic E-state index is 0.351. The van der Waals surface area contributed by atoms with Crippen molar-refractivity contribution in [2.45, 2.75) is 59.8 Å². The molecule has 1 aliphatic rings. The van der Waals surface area contributed by atoms with Crippen LogP contribution in [0.2, 0.25) is 0 Å². The predicted molar refractivity (Wildman–Crippen MR) is 87.9 cm³/mol. The lowest BCUT2D eigenvalue weighted by atomic mass is 9.65. The summed E-state index contributed by atoms with van der Waals surface area (Å²) < 4.78 is 0. The highest BCUT2D eigenvalue weighted by molar-refractivity contribution is 5.31. The molecule has 1 aromatic rings. The molecule has 20 heavy (non-hydrogen) atoms. The lowest BCUT2D eigenvalue weighted by Crippen LogP contribution is -2.37. The number of nitrogens with two attached hydrogens (primary N) is 1. The normalized spacial score (nSPS) is 27.0. The Morgan fingerprint density at radius 3 is 2.40 bits per heavy atom. The number of aryl methyl sites for hydroxylation is 2. The van der Waals surface area contributed by atoms with Crippen molar-refractivity contribution in [3.05, 3.63) is 34.9 Å². The van der Waals surface area contributed by atoms with E-state index in [2.05, 4.69) is 45.9 Å². The summed E-state index contributed by atoms with van der Waals surface area (Å²) in [4.78, 5) is 0. The van der Waals surface area contributed by atoms with Crippen molar-refractivity contribution in [1.29, 1.82) is 0 Å². The zero-order chi connectivity index (χ0) is 14.8. The molecular formula is C19H31N. The molecule has 2 N–H and O–H groups in total. The molecule has 0 spiro atoms. The van der Waals surface area contributed by atoms with Crippen LogP contribution >= 0.6 is 0 Å². The fourth-order valence-corrected chi connectivity index (χ4v) is 3.77. The van der Waals surface area contributed by atoms with E-state index in [0.717, 1.165) is 18.4 Å². The molecule has 112 valence electrons. The van der Waals surface area contributed by atoms with Crippen molar-refractivity contribution in [2.75, 3.05) is 6.54 Å². The van der Waals surface area contributed by atoms with Gasteiger partial charge in [0, 0.05) is 0 Å². The summed E-state index contributed by atoms with van der Waals surface area (Å²) in [6, 6.07) is 6.83. The quantitative estimate of drug-likeness (QED) is 0.850. The number of benzene rings is 1. The molecule has 0 heterocycles. The van der Waals surface area contributed by atoms with E-state index in [1.165, 1.54) is 48.8 Å². The molecule has 1 heteroatoms. The van der Waals surface area contributed by atoms with Gasteiger partial charge in [-0.15, -0.1) is 0 Å². The highest BCUT2D eigenvalue weighted by atomic mass is 14.6. The SMILES string of the molecule is Cc1ccc(C)c(CC2(CN)CCC(C(C)C)CC2)c1. The summed E-state index contributed by atoms with van der Waals surface area (Å²) in [5.41, 5.74) is 10.9. The number of rotatable bonds is 4. The van der Waals surface area contributed by atoms with E-state index in [9.17, 15) is 0 Å². The Morgan fingerprint density at radius 1 is 1.20 bits per heavy atom. The van der Waals surface area contributed by atoms with E-state index in [0.29, 0.717) is 5.41 Å². The van der Waals surface area contributed by atoms with Crippen molar-refractivity contribution in [3.8, 4) is 0 Å². The Hall–Kier alpha value is -0.820. The molecule has 1 saturated carbocycles. The van der Waals surface area contributed by atoms with Gasteiger partial charge in [-0.25, -0.2) is 0 Å². The zero-order valence-corrected chi connectivity index (χ0v) is 13.7. The molecule has 1 aliphatic carbocycles. The van der Waals surface area contributed by atoms with Crippen molar-refractivity contribution < 1.29 is 0 Å².